The van der Waals surface area contributed by atoms with Gasteiger partial charge in [-0.25, -0.2) is 0 Å². The molecule has 2 N–H and O–H groups in total. The Balaban J connectivity index is 1.77. The van der Waals surface area contributed by atoms with Gasteiger partial charge in [0.05, 0.1) is 12.8 Å². The fourth-order valence-electron chi connectivity index (χ4n) is 2.37. The number of hydrogen-bond donors (Lipinski definition) is 1. The van der Waals surface area contributed by atoms with Crippen molar-refractivity contribution in [2.75, 3.05) is 19.6 Å². The van der Waals surface area contributed by atoms with Crippen molar-refractivity contribution in [3.8, 4) is 34.6 Å². The first-order valence-corrected chi connectivity index (χ1v) is 7.01. The molecule has 7 heteroatoms. The molecule has 23 heavy (non-hydrogen) atoms. The van der Waals surface area contributed by atoms with E-state index in [2.05, 4.69) is 10.1 Å². The lowest BCUT2D eigenvalue weighted by Gasteiger charge is -2.04. The minimum absolute atomic E-state index is 0.232. The average Bonchev–Trinajstić information content (AvgIpc) is 3.21. The number of ether oxygens (including phenoxy) is 3. The zero-order valence-electron chi connectivity index (χ0n) is 12.4. The highest BCUT2D eigenvalue weighted by Gasteiger charge is 2.18. The van der Waals surface area contributed by atoms with Crippen molar-refractivity contribution in [2.45, 2.75) is 0 Å². The second kappa shape index (κ2) is 5.20. The lowest BCUT2D eigenvalue weighted by molar-refractivity contribution is 0.174. The first-order chi connectivity index (χ1) is 11.2. The molecular formula is C16H14N4O3. The van der Waals surface area contributed by atoms with Gasteiger partial charge >= 0.3 is 6.01 Å². The van der Waals surface area contributed by atoms with Crippen LogP contribution in [0.5, 0.6) is 17.5 Å². The molecule has 1 aliphatic heterocycles. The summed E-state index contributed by atoms with van der Waals surface area (Å²) in [5.41, 5.74) is 8.04. The number of aromatic nitrogens is 3. The summed E-state index contributed by atoms with van der Waals surface area (Å²) in [6, 6.07) is 13.3. The number of methoxy groups -OCH3 is 1. The number of nitrogen functional groups attached to an aromatic ring is 1. The summed E-state index contributed by atoms with van der Waals surface area (Å²) in [5.74, 6) is 1.95. The van der Waals surface area contributed by atoms with Crippen LogP contribution in [-0.2, 0) is 0 Å². The quantitative estimate of drug-likeness (QED) is 0.747. The van der Waals surface area contributed by atoms with Crippen LogP contribution in [0.4, 0.5) is 5.69 Å². The second-order valence-electron chi connectivity index (χ2n) is 4.99. The molecule has 0 unspecified atom stereocenters. The van der Waals surface area contributed by atoms with E-state index >= 15 is 0 Å². The van der Waals surface area contributed by atoms with Crippen LogP contribution < -0.4 is 19.9 Å². The first-order valence-electron chi connectivity index (χ1n) is 7.01. The van der Waals surface area contributed by atoms with Crippen molar-refractivity contribution in [3.63, 3.8) is 0 Å². The van der Waals surface area contributed by atoms with Crippen molar-refractivity contribution in [3.05, 3.63) is 42.5 Å². The highest BCUT2D eigenvalue weighted by Crippen LogP contribution is 2.35. The fraction of sp³-hybridized carbons (Fsp3) is 0.125. The fourth-order valence-corrected chi connectivity index (χ4v) is 2.37. The number of hydrogen-bond acceptors (Lipinski definition) is 6. The van der Waals surface area contributed by atoms with Crippen LogP contribution >= 0.6 is 0 Å². The van der Waals surface area contributed by atoms with E-state index < -0.39 is 0 Å². The van der Waals surface area contributed by atoms with Crippen LogP contribution in [0.25, 0.3) is 17.1 Å². The number of fused-ring (bicyclic) bond motifs is 1. The van der Waals surface area contributed by atoms with E-state index in [1.54, 1.807) is 23.9 Å². The molecule has 1 aliphatic rings. The van der Waals surface area contributed by atoms with Crippen LogP contribution in [0.1, 0.15) is 0 Å². The van der Waals surface area contributed by atoms with Crippen molar-refractivity contribution in [1.29, 1.82) is 0 Å². The van der Waals surface area contributed by atoms with Gasteiger partial charge in [-0.15, -0.1) is 5.10 Å². The Morgan fingerprint density at radius 3 is 2.65 bits per heavy atom. The Bertz CT molecular complexity index is 858. The van der Waals surface area contributed by atoms with Crippen LogP contribution in [0.2, 0.25) is 0 Å². The van der Waals surface area contributed by atoms with E-state index in [0.717, 1.165) is 17.0 Å². The maximum absolute atomic E-state index is 5.72. The van der Waals surface area contributed by atoms with Gasteiger partial charge in [0.15, 0.2) is 17.3 Å². The molecule has 2 aromatic carbocycles. The predicted octanol–water partition coefficient (Wildman–Crippen LogP) is 2.25. The lowest BCUT2D eigenvalue weighted by atomic mass is 10.2. The van der Waals surface area contributed by atoms with Crippen molar-refractivity contribution >= 4 is 5.69 Å². The molecular weight excluding hydrogens is 296 g/mol. The average molecular weight is 310 g/mol. The normalized spacial score (nSPS) is 12.4. The highest BCUT2D eigenvalue weighted by atomic mass is 16.7. The highest BCUT2D eigenvalue weighted by molar-refractivity contribution is 5.62. The summed E-state index contributed by atoms with van der Waals surface area (Å²) < 4.78 is 17.7. The van der Waals surface area contributed by atoms with E-state index in [1.807, 2.05) is 30.3 Å². The number of anilines is 1. The van der Waals surface area contributed by atoms with Gasteiger partial charge in [0, 0.05) is 11.3 Å². The molecule has 0 spiro atoms. The molecule has 0 saturated heterocycles. The predicted molar refractivity (Wildman–Crippen MR) is 83.9 cm³/mol. The molecule has 0 amide bonds. The third-order valence-corrected chi connectivity index (χ3v) is 3.53. The monoisotopic (exact) mass is 310 g/mol. The maximum atomic E-state index is 5.72. The summed E-state index contributed by atoms with van der Waals surface area (Å²) in [6.45, 7) is 0.232. The standard InChI is InChI=1S/C16H14N4O3/c1-21-16-18-15(10-2-7-13-14(8-10)23-9-22-13)19-20(16)12-5-3-11(17)4-6-12/h2-8H,9,17H2,1H3. The van der Waals surface area contributed by atoms with E-state index in [0.29, 0.717) is 23.3 Å². The Hall–Kier alpha value is -3.22. The summed E-state index contributed by atoms with van der Waals surface area (Å²) in [5, 5.41) is 4.52. The molecule has 4 rings (SSSR count). The minimum atomic E-state index is 0.232. The molecule has 0 aliphatic carbocycles. The van der Waals surface area contributed by atoms with Gasteiger partial charge in [0.2, 0.25) is 6.79 Å². The zero-order valence-corrected chi connectivity index (χ0v) is 12.4. The van der Waals surface area contributed by atoms with E-state index in [9.17, 15) is 0 Å². The second-order valence-corrected chi connectivity index (χ2v) is 4.99. The number of benzene rings is 2. The Morgan fingerprint density at radius 2 is 1.87 bits per heavy atom. The summed E-state index contributed by atoms with van der Waals surface area (Å²) >= 11 is 0. The Kier molecular flexibility index (Phi) is 3.04. The maximum Gasteiger partial charge on any atom is 0.320 e. The summed E-state index contributed by atoms with van der Waals surface area (Å²) in [7, 11) is 1.56. The summed E-state index contributed by atoms with van der Waals surface area (Å²) in [6.07, 6.45) is 0. The van der Waals surface area contributed by atoms with E-state index in [4.69, 9.17) is 19.9 Å². The van der Waals surface area contributed by atoms with Crippen molar-refractivity contribution in [1.82, 2.24) is 14.8 Å². The zero-order chi connectivity index (χ0) is 15.8. The number of nitrogens with zero attached hydrogens (tertiary/aromatic N) is 3. The molecule has 0 fully saturated rings. The molecule has 116 valence electrons. The van der Waals surface area contributed by atoms with Gasteiger partial charge in [-0.3, -0.25) is 0 Å². The Morgan fingerprint density at radius 1 is 1.09 bits per heavy atom. The first kappa shape index (κ1) is 13.4. The van der Waals surface area contributed by atoms with Gasteiger partial charge in [0.1, 0.15) is 0 Å². The minimum Gasteiger partial charge on any atom is -0.467 e. The van der Waals surface area contributed by atoms with Gasteiger partial charge in [-0.1, -0.05) is 0 Å². The van der Waals surface area contributed by atoms with Crippen LogP contribution in [-0.4, -0.2) is 28.7 Å². The molecule has 0 bridgehead atoms. The van der Waals surface area contributed by atoms with E-state index in [-0.39, 0.29) is 6.79 Å². The molecule has 0 saturated carbocycles. The van der Waals surface area contributed by atoms with Crippen LogP contribution in [0, 0.1) is 0 Å². The third kappa shape index (κ3) is 2.32. The largest absolute Gasteiger partial charge is 0.467 e. The molecule has 0 atom stereocenters. The molecule has 3 aromatic rings. The number of rotatable bonds is 3. The number of nitrogens with two attached hydrogens (primary N) is 1. The SMILES string of the molecule is COc1nc(-c2ccc3c(c2)OCO3)nn1-c1ccc(N)cc1. The molecule has 1 aromatic heterocycles. The van der Waals surface area contributed by atoms with Crippen LogP contribution in [0.3, 0.4) is 0 Å². The molecule has 2 heterocycles. The van der Waals surface area contributed by atoms with Crippen LogP contribution in [0.15, 0.2) is 42.5 Å². The Labute approximate surface area is 132 Å². The van der Waals surface area contributed by atoms with Crippen molar-refractivity contribution in [2.24, 2.45) is 0 Å². The van der Waals surface area contributed by atoms with Gasteiger partial charge in [-0.05, 0) is 42.5 Å². The van der Waals surface area contributed by atoms with Gasteiger partial charge < -0.3 is 19.9 Å². The molecule has 7 nitrogen and oxygen atoms in total. The van der Waals surface area contributed by atoms with E-state index in [1.165, 1.54) is 0 Å². The smallest absolute Gasteiger partial charge is 0.320 e. The topological polar surface area (TPSA) is 84.4 Å². The molecule has 0 radical (unpaired) electrons. The van der Waals surface area contributed by atoms with Gasteiger partial charge in [0.25, 0.3) is 0 Å². The van der Waals surface area contributed by atoms with Gasteiger partial charge in [-0.2, -0.15) is 9.67 Å². The summed E-state index contributed by atoms with van der Waals surface area (Å²) in [4.78, 5) is 4.43. The lowest BCUT2D eigenvalue weighted by Crippen LogP contribution is -2.00. The van der Waals surface area contributed by atoms with Crippen molar-refractivity contribution < 1.29 is 14.2 Å². The third-order valence-electron chi connectivity index (χ3n) is 3.53.